The van der Waals surface area contributed by atoms with Crippen LogP contribution in [0.15, 0.2) is 0 Å². The first-order valence-electron chi connectivity index (χ1n) is 5.38. The summed E-state index contributed by atoms with van der Waals surface area (Å²) in [6.07, 6.45) is 4.08. The van der Waals surface area contributed by atoms with Gasteiger partial charge in [-0.1, -0.05) is 44.7 Å². The first-order valence-corrected chi connectivity index (χ1v) is 7.62. The van der Waals surface area contributed by atoms with E-state index in [1.54, 1.807) is 0 Å². The van der Waals surface area contributed by atoms with Gasteiger partial charge in [-0.3, -0.25) is 9.59 Å². The molecule has 0 aliphatic heterocycles. The number of rotatable bonds is 4. The fourth-order valence-corrected chi connectivity index (χ4v) is 2.29. The van der Waals surface area contributed by atoms with Gasteiger partial charge in [-0.2, -0.15) is 0 Å². The SMILES string of the molecule is O=C(CBr)NC1CCCCC1NC(=O)CBr. The minimum atomic E-state index is -0.0232. The summed E-state index contributed by atoms with van der Waals surface area (Å²) in [5, 5.41) is 6.48. The molecule has 0 aromatic heterocycles. The maximum absolute atomic E-state index is 11.3. The van der Waals surface area contributed by atoms with Gasteiger partial charge in [0.05, 0.1) is 10.7 Å². The van der Waals surface area contributed by atoms with Gasteiger partial charge in [0, 0.05) is 12.1 Å². The number of hydrogen-bond acceptors (Lipinski definition) is 2. The van der Waals surface area contributed by atoms with Crippen molar-refractivity contribution in [2.75, 3.05) is 10.7 Å². The molecule has 0 heterocycles. The van der Waals surface area contributed by atoms with E-state index in [0.29, 0.717) is 10.7 Å². The molecule has 6 heteroatoms. The molecule has 2 N–H and O–H groups in total. The molecule has 1 rings (SSSR count). The standard InChI is InChI=1S/C10H16Br2N2O2/c11-5-9(15)13-7-3-1-2-4-8(7)14-10(16)6-12/h7-8H,1-6H2,(H,13,15)(H,14,16). The minimum absolute atomic E-state index is 0.0232. The summed E-state index contributed by atoms with van der Waals surface area (Å²) in [4.78, 5) is 22.6. The normalized spacial score (nSPS) is 24.9. The molecule has 2 amide bonds. The van der Waals surface area contributed by atoms with Gasteiger partial charge in [0.2, 0.25) is 11.8 Å². The Morgan fingerprint density at radius 1 is 0.938 bits per heavy atom. The second kappa shape index (κ2) is 7.27. The van der Waals surface area contributed by atoms with Gasteiger partial charge in [-0.15, -0.1) is 0 Å². The summed E-state index contributed by atoms with van der Waals surface area (Å²) in [5.74, 6) is -0.0463. The van der Waals surface area contributed by atoms with Crippen molar-refractivity contribution in [1.29, 1.82) is 0 Å². The van der Waals surface area contributed by atoms with Crippen LogP contribution in [0.4, 0.5) is 0 Å². The molecule has 1 aliphatic carbocycles. The van der Waals surface area contributed by atoms with Crippen LogP contribution in [0.1, 0.15) is 25.7 Å². The number of carbonyl (C=O) groups is 2. The van der Waals surface area contributed by atoms with Crippen molar-refractivity contribution in [2.45, 2.75) is 37.8 Å². The topological polar surface area (TPSA) is 58.2 Å². The lowest BCUT2D eigenvalue weighted by atomic mass is 9.90. The lowest BCUT2D eigenvalue weighted by Crippen LogP contribution is -2.53. The van der Waals surface area contributed by atoms with Gasteiger partial charge in [0.1, 0.15) is 0 Å². The maximum Gasteiger partial charge on any atom is 0.230 e. The summed E-state index contributed by atoms with van der Waals surface area (Å²) in [6.45, 7) is 0. The van der Waals surface area contributed by atoms with E-state index in [1.807, 2.05) is 0 Å². The van der Waals surface area contributed by atoms with E-state index in [4.69, 9.17) is 0 Å². The molecule has 1 fully saturated rings. The van der Waals surface area contributed by atoms with Crippen LogP contribution in [-0.4, -0.2) is 34.6 Å². The Morgan fingerprint density at radius 3 is 1.62 bits per heavy atom. The molecule has 0 spiro atoms. The zero-order valence-corrected chi connectivity index (χ0v) is 12.1. The molecule has 0 saturated heterocycles. The molecule has 92 valence electrons. The van der Waals surface area contributed by atoms with Gasteiger partial charge in [-0.05, 0) is 12.8 Å². The summed E-state index contributed by atoms with van der Waals surface area (Å²) >= 11 is 6.24. The molecule has 16 heavy (non-hydrogen) atoms. The van der Waals surface area contributed by atoms with E-state index < -0.39 is 0 Å². The van der Waals surface area contributed by atoms with Crippen molar-refractivity contribution in [3.63, 3.8) is 0 Å². The average molecular weight is 356 g/mol. The van der Waals surface area contributed by atoms with Crippen LogP contribution >= 0.6 is 31.9 Å². The number of hydrogen-bond donors (Lipinski definition) is 2. The molecule has 4 nitrogen and oxygen atoms in total. The van der Waals surface area contributed by atoms with E-state index in [2.05, 4.69) is 42.5 Å². The Kier molecular flexibility index (Phi) is 6.34. The smallest absolute Gasteiger partial charge is 0.230 e. The molecule has 0 radical (unpaired) electrons. The van der Waals surface area contributed by atoms with E-state index in [-0.39, 0.29) is 23.9 Å². The monoisotopic (exact) mass is 354 g/mol. The largest absolute Gasteiger partial charge is 0.351 e. The number of carbonyl (C=O) groups excluding carboxylic acids is 2. The zero-order valence-electron chi connectivity index (χ0n) is 8.97. The lowest BCUT2D eigenvalue weighted by molar-refractivity contribution is -0.122. The first-order chi connectivity index (χ1) is 7.67. The highest BCUT2D eigenvalue weighted by atomic mass is 79.9. The van der Waals surface area contributed by atoms with Crippen molar-refractivity contribution >= 4 is 43.7 Å². The highest BCUT2D eigenvalue weighted by Crippen LogP contribution is 2.18. The highest BCUT2D eigenvalue weighted by Gasteiger charge is 2.27. The number of amides is 2. The summed E-state index contributed by atoms with van der Waals surface area (Å²) < 4.78 is 0. The van der Waals surface area contributed by atoms with E-state index in [0.717, 1.165) is 25.7 Å². The Morgan fingerprint density at radius 2 is 1.31 bits per heavy atom. The number of halogens is 2. The van der Waals surface area contributed by atoms with Crippen LogP contribution in [0.5, 0.6) is 0 Å². The average Bonchev–Trinajstić information content (AvgIpc) is 2.31. The third kappa shape index (κ3) is 4.41. The zero-order chi connectivity index (χ0) is 12.0. The van der Waals surface area contributed by atoms with Crippen molar-refractivity contribution in [1.82, 2.24) is 10.6 Å². The van der Waals surface area contributed by atoms with Crippen LogP contribution in [0.2, 0.25) is 0 Å². The third-order valence-electron chi connectivity index (χ3n) is 2.70. The quantitative estimate of drug-likeness (QED) is 0.747. The molecular formula is C10H16Br2N2O2. The predicted molar refractivity (Wildman–Crippen MR) is 69.9 cm³/mol. The lowest BCUT2D eigenvalue weighted by Gasteiger charge is -2.32. The molecule has 0 aromatic rings. The summed E-state index contributed by atoms with van der Waals surface area (Å²) in [6, 6.07) is 0.142. The van der Waals surface area contributed by atoms with Crippen LogP contribution < -0.4 is 10.6 Å². The molecule has 0 bridgehead atoms. The van der Waals surface area contributed by atoms with Gasteiger partial charge in [-0.25, -0.2) is 0 Å². The van der Waals surface area contributed by atoms with Crippen molar-refractivity contribution in [2.24, 2.45) is 0 Å². The van der Waals surface area contributed by atoms with E-state index >= 15 is 0 Å². The molecule has 1 saturated carbocycles. The Bertz CT molecular complexity index is 235. The Labute approximate surface area is 112 Å². The van der Waals surface area contributed by atoms with E-state index in [1.165, 1.54) is 0 Å². The summed E-state index contributed by atoms with van der Waals surface area (Å²) in [7, 11) is 0. The second-order valence-electron chi connectivity index (χ2n) is 3.90. The molecule has 1 aliphatic rings. The van der Waals surface area contributed by atoms with Crippen molar-refractivity contribution in [3.05, 3.63) is 0 Å². The molecule has 2 atom stereocenters. The van der Waals surface area contributed by atoms with Crippen LogP contribution in [0.3, 0.4) is 0 Å². The minimum Gasteiger partial charge on any atom is -0.351 e. The molecular weight excluding hydrogens is 340 g/mol. The Balaban J connectivity index is 2.49. The second-order valence-corrected chi connectivity index (χ2v) is 5.02. The van der Waals surface area contributed by atoms with Gasteiger partial charge >= 0.3 is 0 Å². The summed E-state index contributed by atoms with van der Waals surface area (Å²) in [5.41, 5.74) is 0. The number of alkyl halides is 2. The van der Waals surface area contributed by atoms with Crippen LogP contribution in [-0.2, 0) is 9.59 Å². The van der Waals surface area contributed by atoms with Gasteiger partial charge < -0.3 is 10.6 Å². The molecule has 2 unspecified atom stereocenters. The van der Waals surface area contributed by atoms with Gasteiger partial charge in [0.25, 0.3) is 0 Å². The predicted octanol–water partition coefficient (Wildman–Crippen LogP) is 1.32. The third-order valence-corrected chi connectivity index (χ3v) is 3.72. The fourth-order valence-electron chi connectivity index (χ4n) is 1.97. The number of nitrogens with one attached hydrogen (secondary N) is 2. The first kappa shape index (κ1) is 14.0. The van der Waals surface area contributed by atoms with Crippen LogP contribution in [0.25, 0.3) is 0 Å². The maximum atomic E-state index is 11.3. The Hall–Kier alpha value is -0.100. The van der Waals surface area contributed by atoms with Gasteiger partial charge in [0.15, 0.2) is 0 Å². The van der Waals surface area contributed by atoms with E-state index in [9.17, 15) is 9.59 Å². The van der Waals surface area contributed by atoms with Crippen molar-refractivity contribution in [3.8, 4) is 0 Å². The fraction of sp³-hybridized carbons (Fsp3) is 0.800. The highest BCUT2D eigenvalue weighted by molar-refractivity contribution is 9.09. The van der Waals surface area contributed by atoms with Crippen LogP contribution in [0, 0.1) is 0 Å². The molecule has 0 aromatic carbocycles. The van der Waals surface area contributed by atoms with Crippen molar-refractivity contribution < 1.29 is 9.59 Å².